The van der Waals surface area contributed by atoms with Crippen molar-refractivity contribution in [3.05, 3.63) is 35.9 Å². The van der Waals surface area contributed by atoms with Crippen LogP contribution in [0.2, 0.25) is 0 Å². The number of benzene rings is 1. The standard InChI is InChI=1S/C14H18N2O2/c1-11(10-12(2)17)15-16-14(18)9-8-13-6-4-3-5-7-13/h3-7H,8-10H2,1-2H3,(H,16,18). The minimum atomic E-state index is -0.137. The number of amides is 1. The van der Waals surface area contributed by atoms with Crippen LogP contribution in [0.4, 0.5) is 0 Å². The Labute approximate surface area is 107 Å². The molecule has 0 aliphatic carbocycles. The molecule has 1 N–H and O–H groups in total. The maximum atomic E-state index is 11.5. The smallest absolute Gasteiger partial charge is 0.240 e. The van der Waals surface area contributed by atoms with Gasteiger partial charge in [0, 0.05) is 18.6 Å². The van der Waals surface area contributed by atoms with E-state index in [2.05, 4.69) is 10.5 Å². The van der Waals surface area contributed by atoms with Gasteiger partial charge in [-0.25, -0.2) is 5.43 Å². The first-order chi connectivity index (χ1) is 8.58. The van der Waals surface area contributed by atoms with Crippen LogP contribution in [0.1, 0.15) is 32.3 Å². The van der Waals surface area contributed by atoms with Crippen molar-refractivity contribution in [2.75, 3.05) is 0 Å². The van der Waals surface area contributed by atoms with Crippen LogP contribution in [-0.2, 0) is 16.0 Å². The molecule has 0 aromatic heterocycles. The van der Waals surface area contributed by atoms with Gasteiger partial charge in [-0.15, -0.1) is 0 Å². The topological polar surface area (TPSA) is 58.5 Å². The number of hydrazone groups is 1. The molecule has 0 aliphatic heterocycles. The number of carbonyl (C=O) groups is 2. The molecule has 0 saturated carbocycles. The number of ketones is 1. The van der Waals surface area contributed by atoms with E-state index < -0.39 is 0 Å². The van der Waals surface area contributed by atoms with E-state index in [0.717, 1.165) is 5.56 Å². The van der Waals surface area contributed by atoms with Crippen molar-refractivity contribution in [3.8, 4) is 0 Å². The van der Waals surface area contributed by atoms with Crippen LogP contribution >= 0.6 is 0 Å². The lowest BCUT2D eigenvalue weighted by atomic mass is 10.1. The Morgan fingerprint density at radius 1 is 1.17 bits per heavy atom. The van der Waals surface area contributed by atoms with Gasteiger partial charge in [-0.3, -0.25) is 9.59 Å². The molecule has 1 aromatic carbocycles. The second-order valence-electron chi connectivity index (χ2n) is 4.25. The van der Waals surface area contributed by atoms with E-state index in [9.17, 15) is 9.59 Å². The Hall–Kier alpha value is -1.97. The molecule has 0 aliphatic rings. The van der Waals surface area contributed by atoms with Crippen molar-refractivity contribution in [1.29, 1.82) is 0 Å². The minimum absolute atomic E-state index is 0.0368. The molecule has 1 amide bonds. The third-order valence-corrected chi connectivity index (χ3v) is 2.36. The number of carbonyl (C=O) groups excluding carboxylic acids is 2. The van der Waals surface area contributed by atoms with E-state index in [-0.39, 0.29) is 18.1 Å². The van der Waals surface area contributed by atoms with Gasteiger partial charge in [0.2, 0.25) is 5.91 Å². The van der Waals surface area contributed by atoms with E-state index in [1.165, 1.54) is 6.92 Å². The van der Waals surface area contributed by atoms with Crippen LogP contribution in [-0.4, -0.2) is 17.4 Å². The molecule has 1 rings (SSSR count). The van der Waals surface area contributed by atoms with Crippen LogP contribution in [0.25, 0.3) is 0 Å². The lowest BCUT2D eigenvalue weighted by Crippen LogP contribution is -2.19. The predicted molar refractivity (Wildman–Crippen MR) is 71.3 cm³/mol. The molecule has 1 aromatic rings. The van der Waals surface area contributed by atoms with E-state index in [4.69, 9.17) is 0 Å². The summed E-state index contributed by atoms with van der Waals surface area (Å²) < 4.78 is 0. The number of nitrogens with zero attached hydrogens (tertiary/aromatic N) is 1. The first-order valence-corrected chi connectivity index (χ1v) is 5.93. The second-order valence-corrected chi connectivity index (χ2v) is 4.25. The average molecular weight is 246 g/mol. The molecule has 4 heteroatoms. The van der Waals surface area contributed by atoms with Crippen LogP contribution < -0.4 is 5.43 Å². The molecule has 18 heavy (non-hydrogen) atoms. The summed E-state index contributed by atoms with van der Waals surface area (Å²) in [4.78, 5) is 22.3. The van der Waals surface area contributed by atoms with Crippen LogP contribution in [0.3, 0.4) is 0 Å². The lowest BCUT2D eigenvalue weighted by molar-refractivity contribution is -0.121. The first kappa shape index (κ1) is 14.1. The predicted octanol–water partition coefficient (Wildman–Crippen LogP) is 2.09. The molecule has 0 heterocycles. The van der Waals surface area contributed by atoms with Crippen molar-refractivity contribution in [1.82, 2.24) is 5.43 Å². The maximum absolute atomic E-state index is 11.5. The normalized spacial score (nSPS) is 11.1. The first-order valence-electron chi connectivity index (χ1n) is 5.93. The SMILES string of the molecule is CC(=O)CC(C)=NNC(=O)CCc1ccccc1. The summed E-state index contributed by atoms with van der Waals surface area (Å²) in [5, 5.41) is 3.87. The lowest BCUT2D eigenvalue weighted by Gasteiger charge is -2.02. The second kappa shape index (κ2) is 7.37. The fraction of sp³-hybridized carbons (Fsp3) is 0.357. The summed E-state index contributed by atoms with van der Waals surface area (Å²) in [6.07, 6.45) is 1.35. The van der Waals surface area contributed by atoms with Gasteiger partial charge in [0.25, 0.3) is 0 Å². The minimum Gasteiger partial charge on any atom is -0.300 e. The largest absolute Gasteiger partial charge is 0.300 e. The Morgan fingerprint density at radius 2 is 1.83 bits per heavy atom. The number of rotatable bonds is 6. The van der Waals surface area contributed by atoms with Gasteiger partial charge in [0.1, 0.15) is 5.78 Å². The van der Waals surface area contributed by atoms with Crippen molar-refractivity contribution in [2.45, 2.75) is 33.1 Å². The molecule has 0 bridgehead atoms. The number of nitrogens with one attached hydrogen (secondary N) is 1. The third kappa shape index (κ3) is 5.94. The van der Waals surface area contributed by atoms with Crippen LogP contribution in [0.15, 0.2) is 35.4 Å². The van der Waals surface area contributed by atoms with E-state index in [1.807, 2.05) is 30.3 Å². The van der Waals surface area contributed by atoms with E-state index in [1.54, 1.807) is 6.92 Å². The van der Waals surface area contributed by atoms with Gasteiger partial charge >= 0.3 is 0 Å². The molecule has 0 fully saturated rings. The van der Waals surface area contributed by atoms with Gasteiger partial charge in [-0.1, -0.05) is 30.3 Å². The Balaban J connectivity index is 2.32. The number of Topliss-reactive ketones (excluding diaryl/α,β-unsaturated/α-hetero) is 1. The highest BCUT2D eigenvalue weighted by atomic mass is 16.2. The Morgan fingerprint density at radius 3 is 2.44 bits per heavy atom. The zero-order chi connectivity index (χ0) is 13.4. The van der Waals surface area contributed by atoms with Gasteiger partial charge in [0.05, 0.1) is 0 Å². The molecule has 96 valence electrons. The summed E-state index contributed by atoms with van der Waals surface area (Å²) >= 11 is 0. The number of hydrogen-bond acceptors (Lipinski definition) is 3. The average Bonchev–Trinajstić information content (AvgIpc) is 2.34. The Kier molecular flexibility index (Phi) is 5.77. The van der Waals surface area contributed by atoms with Gasteiger partial charge in [-0.2, -0.15) is 5.10 Å². The summed E-state index contributed by atoms with van der Waals surface area (Å²) in [5.41, 5.74) is 4.20. The monoisotopic (exact) mass is 246 g/mol. The highest BCUT2D eigenvalue weighted by Gasteiger charge is 2.02. The highest BCUT2D eigenvalue weighted by Crippen LogP contribution is 2.02. The van der Waals surface area contributed by atoms with Gasteiger partial charge < -0.3 is 0 Å². The molecule has 0 saturated heterocycles. The van der Waals surface area contributed by atoms with Gasteiger partial charge in [0.15, 0.2) is 0 Å². The molecule has 4 nitrogen and oxygen atoms in total. The highest BCUT2D eigenvalue weighted by molar-refractivity contribution is 6.00. The Bertz CT molecular complexity index is 438. The maximum Gasteiger partial charge on any atom is 0.240 e. The van der Waals surface area contributed by atoms with Crippen molar-refractivity contribution in [2.24, 2.45) is 5.10 Å². The molecular weight excluding hydrogens is 228 g/mol. The zero-order valence-electron chi connectivity index (χ0n) is 10.8. The summed E-state index contributed by atoms with van der Waals surface area (Å²) in [6.45, 7) is 3.22. The summed E-state index contributed by atoms with van der Waals surface area (Å²) in [5.74, 6) is -0.100. The van der Waals surface area contributed by atoms with E-state index >= 15 is 0 Å². The van der Waals surface area contributed by atoms with Crippen molar-refractivity contribution >= 4 is 17.4 Å². The molecule has 0 unspecified atom stereocenters. The van der Waals surface area contributed by atoms with E-state index in [0.29, 0.717) is 18.6 Å². The quantitative estimate of drug-likeness (QED) is 0.617. The van der Waals surface area contributed by atoms with Crippen molar-refractivity contribution < 1.29 is 9.59 Å². The third-order valence-electron chi connectivity index (χ3n) is 2.36. The number of hydrogen-bond donors (Lipinski definition) is 1. The summed E-state index contributed by atoms with van der Waals surface area (Å²) in [7, 11) is 0. The molecule has 0 atom stereocenters. The van der Waals surface area contributed by atoms with Crippen LogP contribution in [0.5, 0.6) is 0 Å². The fourth-order valence-corrected chi connectivity index (χ4v) is 1.52. The zero-order valence-corrected chi connectivity index (χ0v) is 10.8. The fourth-order valence-electron chi connectivity index (χ4n) is 1.52. The molecule has 0 spiro atoms. The summed E-state index contributed by atoms with van der Waals surface area (Å²) in [6, 6.07) is 9.80. The van der Waals surface area contributed by atoms with Gasteiger partial charge in [-0.05, 0) is 25.8 Å². The molecule has 0 radical (unpaired) electrons. The number of aryl methyl sites for hydroxylation is 1. The molecular formula is C14H18N2O2. The van der Waals surface area contributed by atoms with Crippen LogP contribution in [0, 0.1) is 0 Å². The van der Waals surface area contributed by atoms with Crippen molar-refractivity contribution in [3.63, 3.8) is 0 Å².